The highest BCUT2D eigenvalue weighted by atomic mass is 35.5. The predicted octanol–water partition coefficient (Wildman–Crippen LogP) is 5.43. The van der Waals surface area contributed by atoms with Gasteiger partial charge in [-0.1, -0.05) is 48.7 Å². The van der Waals surface area contributed by atoms with Crippen molar-refractivity contribution in [2.24, 2.45) is 11.8 Å². The van der Waals surface area contributed by atoms with Gasteiger partial charge in [0.25, 0.3) is 0 Å². The summed E-state index contributed by atoms with van der Waals surface area (Å²) in [5.74, 6) is 1.12. The first-order valence-electron chi connectivity index (χ1n) is 14.5. The van der Waals surface area contributed by atoms with Crippen molar-refractivity contribution in [3.05, 3.63) is 69.7 Å². The van der Waals surface area contributed by atoms with E-state index in [1.807, 2.05) is 0 Å². The van der Waals surface area contributed by atoms with Gasteiger partial charge in [0.1, 0.15) is 17.0 Å². The molecule has 2 fully saturated rings. The quantitative estimate of drug-likeness (QED) is 0.270. The van der Waals surface area contributed by atoms with Crippen LogP contribution in [-0.2, 0) is 11.3 Å². The third-order valence-electron chi connectivity index (χ3n) is 8.43. The van der Waals surface area contributed by atoms with Crippen LogP contribution in [0.3, 0.4) is 0 Å². The normalized spacial score (nSPS) is 21.0. The van der Waals surface area contributed by atoms with Gasteiger partial charge in [-0.3, -0.25) is 14.5 Å². The number of aromatic amines is 1. The largest absolute Gasteiger partial charge is 0.439 e. The fraction of sp³-hybridized carbons (Fsp3) is 0.400. The second-order valence-electron chi connectivity index (χ2n) is 11.4. The average Bonchev–Trinajstić information content (AvgIpc) is 3.62. The Hall–Kier alpha value is -4.16. The molecule has 4 aromatic heterocycles. The topological polar surface area (TPSA) is 128 Å². The van der Waals surface area contributed by atoms with Gasteiger partial charge >= 0.3 is 5.76 Å². The Morgan fingerprint density at radius 1 is 1.09 bits per heavy atom. The van der Waals surface area contributed by atoms with Crippen LogP contribution in [0, 0.1) is 17.7 Å². The number of aromatic nitrogens is 7. The Kier molecular flexibility index (Phi) is 7.39. The van der Waals surface area contributed by atoms with Gasteiger partial charge in [0.15, 0.2) is 5.65 Å². The lowest BCUT2D eigenvalue weighted by atomic mass is 9.83. The van der Waals surface area contributed by atoms with Gasteiger partial charge in [-0.25, -0.2) is 19.2 Å². The van der Waals surface area contributed by atoms with E-state index in [1.54, 1.807) is 30.6 Å². The van der Waals surface area contributed by atoms with Gasteiger partial charge in [0.2, 0.25) is 17.6 Å². The number of morpholine rings is 1. The number of halogens is 2. The van der Waals surface area contributed by atoms with Crippen LogP contribution in [0.15, 0.2) is 52.0 Å². The second kappa shape index (κ2) is 11.5. The minimum Gasteiger partial charge on any atom is -0.377 e. The van der Waals surface area contributed by atoms with Crippen molar-refractivity contribution in [3.8, 4) is 22.9 Å². The molecule has 0 bridgehead atoms. The number of benzene rings is 1. The standard InChI is InChI=1S/C30H30ClFN8O3/c1-17-2-4-18(5-3-17)15-40-25-24(20-12-21(31)14-33-13-20)34-27(28-37-30(41)43-38-28)35-26(25)36-29(40)39-10-11-42-16-23(39)19-6-8-22(32)9-7-19/h6-9,12-14,17-18,23H,2-5,10-11,15-16H2,1H3,(H,37,38,41)/t17?,18?,23-/m0/s1. The summed E-state index contributed by atoms with van der Waals surface area (Å²) in [6.45, 7) is 4.56. The van der Waals surface area contributed by atoms with Crippen molar-refractivity contribution >= 4 is 28.7 Å². The minimum absolute atomic E-state index is 0.0936. The van der Waals surface area contributed by atoms with E-state index in [-0.39, 0.29) is 23.5 Å². The average molecular weight is 605 g/mol. The van der Waals surface area contributed by atoms with Crippen LogP contribution >= 0.6 is 11.6 Å². The van der Waals surface area contributed by atoms with Crippen molar-refractivity contribution in [2.75, 3.05) is 24.7 Å². The van der Waals surface area contributed by atoms with E-state index in [0.717, 1.165) is 36.4 Å². The van der Waals surface area contributed by atoms with E-state index >= 15 is 0 Å². The highest BCUT2D eigenvalue weighted by Crippen LogP contribution is 2.38. The molecule has 0 unspecified atom stereocenters. The van der Waals surface area contributed by atoms with Gasteiger partial charge < -0.3 is 14.2 Å². The van der Waals surface area contributed by atoms with Gasteiger partial charge in [-0.05, 0) is 48.4 Å². The predicted molar refractivity (Wildman–Crippen MR) is 158 cm³/mol. The molecular weight excluding hydrogens is 575 g/mol. The molecule has 43 heavy (non-hydrogen) atoms. The van der Waals surface area contributed by atoms with Crippen molar-refractivity contribution in [1.82, 2.24) is 34.6 Å². The summed E-state index contributed by atoms with van der Waals surface area (Å²) in [5, 5.41) is 4.28. The highest BCUT2D eigenvalue weighted by molar-refractivity contribution is 6.30. The van der Waals surface area contributed by atoms with Crippen molar-refractivity contribution in [3.63, 3.8) is 0 Å². The molecule has 2 aliphatic rings. The molecule has 1 N–H and O–H groups in total. The van der Waals surface area contributed by atoms with Gasteiger partial charge in [0, 0.05) is 31.0 Å². The molecule has 1 atom stereocenters. The van der Waals surface area contributed by atoms with Crippen molar-refractivity contribution < 1.29 is 13.7 Å². The van der Waals surface area contributed by atoms with E-state index in [1.165, 1.54) is 25.0 Å². The fourth-order valence-electron chi connectivity index (χ4n) is 6.17. The second-order valence-corrected chi connectivity index (χ2v) is 11.8. The summed E-state index contributed by atoms with van der Waals surface area (Å²) in [5.41, 5.74) is 3.34. The number of nitrogens with one attached hydrogen (secondary N) is 1. The number of pyridine rings is 1. The molecule has 0 radical (unpaired) electrons. The number of hydrogen-bond acceptors (Lipinski definition) is 9. The van der Waals surface area contributed by atoms with Crippen LogP contribution < -0.4 is 10.7 Å². The number of nitrogens with zero attached hydrogens (tertiary/aromatic N) is 7. The third-order valence-corrected chi connectivity index (χ3v) is 8.64. The van der Waals surface area contributed by atoms with Crippen molar-refractivity contribution in [2.45, 2.75) is 45.2 Å². The van der Waals surface area contributed by atoms with E-state index in [9.17, 15) is 9.18 Å². The SMILES string of the molecule is CC1CCC(Cn2c(N3CCOC[C@H]3c3ccc(F)cc3)nc3nc(-c4noc(=O)[nH]4)nc(-c4cncc(Cl)c4)c32)CC1. The first-order chi connectivity index (χ1) is 20.9. The molecule has 0 spiro atoms. The van der Waals surface area contributed by atoms with Crippen LogP contribution in [0.5, 0.6) is 0 Å². The summed E-state index contributed by atoms with van der Waals surface area (Å²) in [6.07, 6.45) is 7.82. The molecule has 5 aromatic rings. The van der Waals surface area contributed by atoms with E-state index in [4.69, 9.17) is 35.8 Å². The van der Waals surface area contributed by atoms with Crippen LogP contribution in [0.4, 0.5) is 10.3 Å². The van der Waals surface area contributed by atoms with Crippen molar-refractivity contribution in [1.29, 1.82) is 0 Å². The number of fused-ring (bicyclic) bond motifs is 1. The highest BCUT2D eigenvalue weighted by Gasteiger charge is 2.32. The minimum atomic E-state index is -0.710. The molecule has 11 nitrogen and oxygen atoms in total. The van der Waals surface area contributed by atoms with Crippen LogP contribution in [-0.4, -0.2) is 54.4 Å². The lowest BCUT2D eigenvalue weighted by Crippen LogP contribution is -2.41. The molecule has 1 saturated carbocycles. The zero-order chi connectivity index (χ0) is 29.5. The van der Waals surface area contributed by atoms with Gasteiger partial charge in [-0.15, -0.1) is 0 Å². The van der Waals surface area contributed by atoms with E-state index in [2.05, 4.69) is 31.5 Å². The van der Waals surface area contributed by atoms with E-state index in [0.29, 0.717) is 53.5 Å². The number of anilines is 1. The summed E-state index contributed by atoms with van der Waals surface area (Å²) in [6, 6.07) is 8.12. The van der Waals surface area contributed by atoms with Gasteiger partial charge in [0.05, 0.1) is 24.3 Å². The monoisotopic (exact) mass is 604 g/mol. The molecular formula is C30H30ClFN8O3. The number of H-pyrrole nitrogens is 1. The van der Waals surface area contributed by atoms with E-state index < -0.39 is 5.76 Å². The number of imidazole rings is 1. The van der Waals surface area contributed by atoms with Gasteiger partial charge in [-0.2, -0.15) is 4.98 Å². The number of rotatable bonds is 6. The Morgan fingerprint density at radius 3 is 2.65 bits per heavy atom. The summed E-state index contributed by atoms with van der Waals surface area (Å²) in [4.78, 5) is 35.6. The van der Waals surface area contributed by atoms with Crippen LogP contribution in [0.1, 0.15) is 44.2 Å². The fourth-order valence-corrected chi connectivity index (χ4v) is 6.34. The molecule has 1 aromatic carbocycles. The molecule has 0 amide bonds. The number of hydrogen-bond donors (Lipinski definition) is 1. The molecule has 1 saturated heterocycles. The summed E-state index contributed by atoms with van der Waals surface area (Å²) < 4.78 is 26.7. The Balaban J connectivity index is 1.45. The first-order valence-corrected chi connectivity index (χ1v) is 14.9. The lowest BCUT2D eigenvalue weighted by molar-refractivity contribution is 0.0927. The Bertz CT molecular complexity index is 1810. The Labute approximate surface area is 251 Å². The van der Waals surface area contributed by atoms with Crippen LogP contribution in [0.25, 0.3) is 34.1 Å². The van der Waals surface area contributed by atoms with Crippen LogP contribution in [0.2, 0.25) is 5.02 Å². The molecule has 222 valence electrons. The third kappa shape index (κ3) is 5.52. The lowest BCUT2D eigenvalue weighted by Gasteiger charge is -2.37. The smallest absolute Gasteiger partial charge is 0.377 e. The first kappa shape index (κ1) is 27.7. The summed E-state index contributed by atoms with van der Waals surface area (Å²) in [7, 11) is 0. The maximum absolute atomic E-state index is 13.9. The summed E-state index contributed by atoms with van der Waals surface area (Å²) >= 11 is 6.39. The molecule has 7 rings (SSSR count). The molecule has 13 heteroatoms. The molecule has 5 heterocycles. The maximum atomic E-state index is 13.9. The molecule has 1 aliphatic heterocycles. The molecule has 1 aliphatic carbocycles. The maximum Gasteiger partial charge on any atom is 0.439 e. The number of ether oxygens (including phenoxy) is 1. The zero-order valence-electron chi connectivity index (χ0n) is 23.5. The zero-order valence-corrected chi connectivity index (χ0v) is 24.3. The Morgan fingerprint density at radius 2 is 1.91 bits per heavy atom.